The molecule has 0 radical (unpaired) electrons. The number of hydrogen-bond donors (Lipinski definition) is 1. The highest BCUT2D eigenvalue weighted by molar-refractivity contribution is 5.91. The Labute approximate surface area is 183 Å². The summed E-state index contributed by atoms with van der Waals surface area (Å²) < 4.78 is 0. The minimum atomic E-state index is 0.0268. The first-order chi connectivity index (χ1) is 13.8. The zero-order valence-corrected chi connectivity index (χ0v) is 20.0. The predicted molar refractivity (Wildman–Crippen MR) is 126 cm³/mol. The van der Waals surface area contributed by atoms with Crippen LogP contribution in [0.25, 0.3) is 0 Å². The Kier molecular flexibility index (Phi) is 7.95. The Bertz CT molecular complexity index is 705. The molecule has 1 aromatic rings. The van der Waals surface area contributed by atoms with Gasteiger partial charge in [-0.15, -0.1) is 0 Å². The van der Waals surface area contributed by atoms with Gasteiger partial charge in [0.2, 0.25) is 11.8 Å². The molecule has 5 nitrogen and oxygen atoms in total. The largest absolute Gasteiger partial charge is 0.368 e. The highest BCUT2D eigenvalue weighted by Crippen LogP contribution is 2.27. The number of piperazine rings is 1. The molecule has 0 spiro atoms. The zero-order valence-electron chi connectivity index (χ0n) is 20.0. The Morgan fingerprint density at radius 3 is 2.00 bits per heavy atom. The Balaban J connectivity index is 1.82. The van der Waals surface area contributed by atoms with Gasteiger partial charge in [0, 0.05) is 50.4 Å². The quantitative estimate of drug-likeness (QED) is 0.697. The van der Waals surface area contributed by atoms with Gasteiger partial charge >= 0.3 is 0 Å². The molecule has 168 valence electrons. The van der Waals surface area contributed by atoms with Crippen LogP contribution < -0.4 is 10.2 Å². The van der Waals surface area contributed by atoms with E-state index in [0.29, 0.717) is 18.8 Å². The average molecular weight is 416 g/mol. The van der Waals surface area contributed by atoms with E-state index in [1.807, 2.05) is 17.0 Å². The Morgan fingerprint density at radius 2 is 1.50 bits per heavy atom. The van der Waals surface area contributed by atoms with Crippen molar-refractivity contribution in [3.63, 3.8) is 0 Å². The molecular weight excluding hydrogens is 374 g/mol. The van der Waals surface area contributed by atoms with E-state index in [-0.39, 0.29) is 22.6 Å². The number of amides is 2. The second-order valence-corrected chi connectivity index (χ2v) is 11.3. The van der Waals surface area contributed by atoms with Crippen molar-refractivity contribution in [1.29, 1.82) is 0 Å². The lowest BCUT2D eigenvalue weighted by molar-refractivity contribution is -0.133. The van der Waals surface area contributed by atoms with Crippen molar-refractivity contribution in [1.82, 2.24) is 4.90 Å². The van der Waals surface area contributed by atoms with Gasteiger partial charge in [0.15, 0.2) is 0 Å². The highest BCUT2D eigenvalue weighted by Gasteiger charge is 2.25. The number of rotatable bonds is 6. The fourth-order valence-electron chi connectivity index (χ4n) is 4.18. The number of carbonyl (C=O) groups is 2. The van der Waals surface area contributed by atoms with Crippen molar-refractivity contribution in [2.24, 2.45) is 16.7 Å². The molecule has 0 aromatic heterocycles. The number of nitrogens with zero attached hydrogens (tertiary/aromatic N) is 2. The first-order valence-electron chi connectivity index (χ1n) is 11.2. The maximum atomic E-state index is 12.4. The third kappa shape index (κ3) is 8.37. The van der Waals surface area contributed by atoms with E-state index in [1.54, 1.807) is 0 Å². The summed E-state index contributed by atoms with van der Waals surface area (Å²) in [7, 11) is 0. The van der Waals surface area contributed by atoms with Gasteiger partial charge in [-0.25, -0.2) is 0 Å². The fraction of sp³-hybridized carbons (Fsp3) is 0.680. The maximum absolute atomic E-state index is 12.4. The zero-order chi connectivity index (χ0) is 22.5. The molecule has 1 N–H and O–H groups in total. The molecule has 2 rings (SSSR count). The number of hydrogen-bond acceptors (Lipinski definition) is 3. The molecule has 1 aliphatic heterocycles. The molecule has 0 aliphatic carbocycles. The predicted octanol–water partition coefficient (Wildman–Crippen LogP) is 5.17. The minimum absolute atomic E-state index is 0.0268. The Morgan fingerprint density at radius 1 is 0.933 bits per heavy atom. The van der Waals surface area contributed by atoms with Gasteiger partial charge in [0.1, 0.15) is 0 Å². The minimum Gasteiger partial charge on any atom is -0.368 e. The fourth-order valence-corrected chi connectivity index (χ4v) is 4.18. The van der Waals surface area contributed by atoms with Crippen molar-refractivity contribution in [3.8, 4) is 0 Å². The van der Waals surface area contributed by atoms with Crippen molar-refractivity contribution in [3.05, 3.63) is 24.3 Å². The summed E-state index contributed by atoms with van der Waals surface area (Å²) in [6.07, 6.45) is 2.17. The van der Waals surface area contributed by atoms with Crippen LogP contribution in [0.2, 0.25) is 0 Å². The summed E-state index contributed by atoms with van der Waals surface area (Å²) in [5, 5.41) is 3.02. The van der Waals surface area contributed by atoms with Crippen LogP contribution in [0.3, 0.4) is 0 Å². The topological polar surface area (TPSA) is 52.7 Å². The first kappa shape index (κ1) is 24.2. The van der Waals surface area contributed by atoms with Crippen LogP contribution in [0.1, 0.15) is 67.7 Å². The van der Waals surface area contributed by atoms with Gasteiger partial charge in [-0.1, -0.05) is 48.5 Å². The summed E-state index contributed by atoms with van der Waals surface area (Å²) in [6, 6.07) is 8.05. The van der Waals surface area contributed by atoms with Crippen LogP contribution >= 0.6 is 0 Å². The molecule has 2 amide bonds. The molecule has 1 saturated heterocycles. The molecule has 1 atom stereocenters. The van der Waals surface area contributed by atoms with Gasteiger partial charge in [0.25, 0.3) is 0 Å². The van der Waals surface area contributed by atoms with E-state index < -0.39 is 0 Å². The lowest BCUT2D eigenvalue weighted by Crippen LogP contribution is -2.49. The molecule has 1 aromatic carbocycles. The molecule has 1 unspecified atom stereocenters. The van der Waals surface area contributed by atoms with Gasteiger partial charge < -0.3 is 15.1 Å². The number of anilines is 2. The van der Waals surface area contributed by atoms with Crippen LogP contribution in [0.5, 0.6) is 0 Å². The van der Waals surface area contributed by atoms with E-state index >= 15 is 0 Å². The van der Waals surface area contributed by atoms with Crippen molar-refractivity contribution >= 4 is 23.2 Å². The van der Waals surface area contributed by atoms with Crippen molar-refractivity contribution < 1.29 is 9.59 Å². The monoisotopic (exact) mass is 415 g/mol. The standard InChI is InChI=1S/C25H41N3O2/c1-19(17-24(2,3)4)16-22(29)26-20-8-10-21(11-9-20)27-12-14-28(15-13-27)23(30)18-25(5,6)7/h8-11,19H,12-18H2,1-7H3,(H,26,29). The van der Waals surface area contributed by atoms with E-state index in [2.05, 4.69) is 70.8 Å². The normalized spacial score (nSPS) is 16.4. The van der Waals surface area contributed by atoms with Crippen LogP contribution in [0.15, 0.2) is 24.3 Å². The van der Waals surface area contributed by atoms with Gasteiger partial charge in [0.05, 0.1) is 0 Å². The molecule has 30 heavy (non-hydrogen) atoms. The molecule has 0 saturated carbocycles. The molecular formula is C25H41N3O2. The van der Waals surface area contributed by atoms with E-state index in [1.165, 1.54) is 0 Å². The molecule has 1 fully saturated rings. The molecule has 0 bridgehead atoms. The Hall–Kier alpha value is -2.04. The van der Waals surface area contributed by atoms with Crippen LogP contribution in [-0.2, 0) is 9.59 Å². The second kappa shape index (κ2) is 9.84. The average Bonchev–Trinajstić information content (AvgIpc) is 2.59. The van der Waals surface area contributed by atoms with Gasteiger partial charge in [-0.3, -0.25) is 9.59 Å². The third-order valence-corrected chi connectivity index (χ3v) is 5.32. The van der Waals surface area contributed by atoms with E-state index in [0.717, 1.165) is 44.0 Å². The number of nitrogens with one attached hydrogen (secondary N) is 1. The summed E-state index contributed by atoms with van der Waals surface area (Å²) in [5.74, 6) is 0.688. The lowest BCUT2D eigenvalue weighted by atomic mass is 9.84. The van der Waals surface area contributed by atoms with Gasteiger partial charge in [-0.2, -0.15) is 0 Å². The molecule has 5 heteroatoms. The lowest BCUT2D eigenvalue weighted by Gasteiger charge is -2.37. The van der Waals surface area contributed by atoms with Crippen LogP contribution in [0, 0.1) is 16.7 Å². The molecule has 1 heterocycles. The second-order valence-electron chi connectivity index (χ2n) is 11.3. The number of benzene rings is 1. The van der Waals surface area contributed by atoms with E-state index in [4.69, 9.17) is 0 Å². The van der Waals surface area contributed by atoms with Crippen molar-refractivity contribution in [2.45, 2.75) is 67.7 Å². The summed E-state index contributed by atoms with van der Waals surface area (Å²) in [5.41, 5.74) is 2.24. The summed E-state index contributed by atoms with van der Waals surface area (Å²) in [4.78, 5) is 29.0. The molecule has 1 aliphatic rings. The van der Waals surface area contributed by atoms with Crippen molar-refractivity contribution in [2.75, 3.05) is 36.4 Å². The van der Waals surface area contributed by atoms with Crippen LogP contribution in [-0.4, -0.2) is 42.9 Å². The maximum Gasteiger partial charge on any atom is 0.224 e. The smallest absolute Gasteiger partial charge is 0.224 e. The summed E-state index contributed by atoms with van der Waals surface area (Å²) in [6.45, 7) is 18.3. The van der Waals surface area contributed by atoms with E-state index in [9.17, 15) is 9.59 Å². The SMILES string of the molecule is CC(CC(=O)Nc1ccc(N2CCN(C(=O)CC(C)(C)C)CC2)cc1)CC(C)(C)C. The first-order valence-corrected chi connectivity index (χ1v) is 11.2. The number of carbonyl (C=O) groups excluding carboxylic acids is 2. The van der Waals surface area contributed by atoms with Gasteiger partial charge in [-0.05, 0) is 47.4 Å². The summed E-state index contributed by atoms with van der Waals surface area (Å²) >= 11 is 0. The van der Waals surface area contributed by atoms with Crippen LogP contribution in [0.4, 0.5) is 11.4 Å². The highest BCUT2D eigenvalue weighted by atomic mass is 16.2. The third-order valence-electron chi connectivity index (χ3n) is 5.32.